The van der Waals surface area contributed by atoms with E-state index >= 15 is 0 Å². The number of ether oxygens (including phenoxy) is 1. The predicted molar refractivity (Wildman–Crippen MR) is 75.7 cm³/mol. The van der Waals surface area contributed by atoms with Crippen molar-refractivity contribution in [3.05, 3.63) is 29.6 Å². The summed E-state index contributed by atoms with van der Waals surface area (Å²) in [6.07, 6.45) is 2.35. The Labute approximate surface area is 124 Å². The fourth-order valence-corrected chi connectivity index (χ4v) is 3.06. The maximum atomic E-state index is 13.8. The molecule has 0 unspecified atom stereocenters. The van der Waals surface area contributed by atoms with Gasteiger partial charge in [0.25, 0.3) is 0 Å². The highest BCUT2D eigenvalue weighted by Gasteiger charge is 2.25. The molecular formula is C14H20FNO4S. The van der Waals surface area contributed by atoms with Gasteiger partial charge in [-0.05, 0) is 36.5 Å². The van der Waals surface area contributed by atoms with E-state index < -0.39 is 15.8 Å². The summed E-state index contributed by atoms with van der Waals surface area (Å²) in [6.45, 7) is 0.800. The van der Waals surface area contributed by atoms with Crippen LogP contribution in [0.3, 0.4) is 0 Å². The Hall–Kier alpha value is -1.02. The van der Waals surface area contributed by atoms with E-state index in [2.05, 4.69) is 0 Å². The molecule has 0 radical (unpaired) electrons. The van der Waals surface area contributed by atoms with Crippen LogP contribution in [0.2, 0.25) is 0 Å². The second-order valence-corrected chi connectivity index (χ2v) is 7.28. The van der Waals surface area contributed by atoms with Gasteiger partial charge >= 0.3 is 0 Å². The molecule has 0 amide bonds. The number of sulfonamides is 1. The molecule has 1 fully saturated rings. The first-order chi connectivity index (χ1) is 9.95. The first kappa shape index (κ1) is 16.4. The van der Waals surface area contributed by atoms with Crippen LogP contribution < -0.4 is 0 Å². The minimum absolute atomic E-state index is 0.177. The summed E-state index contributed by atoms with van der Waals surface area (Å²) in [5, 5.41) is 8.92. The van der Waals surface area contributed by atoms with Crippen LogP contribution in [-0.4, -0.2) is 44.6 Å². The molecule has 1 saturated carbocycles. The quantitative estimate of drug-likeness (QED) is 0.735. The standard InChI is InChI=1S/C14H20FNO4S/c1-16(6-7-20-10-11-2-3-11)21(18,19)14-5-4-12(9-17)8-13(14)15/h4-5,8,11,17H,2-3,6-7,9-10H2,1H3. The van der Waals surface area contributed by atoms with Crippen molar-refractivity contribution in [1.82, 2.24) is 4.31 Å². The lowest BCUT2D eigenvalue weighted by Gasteiger charge is -2.17. The molecule has 1 aliphatic rings. The SMILES string of the molecule is CN(CCOCC1CC1)S(=O)(=O)c1ccc(CO)cc1F. The van der Waals surface area contributed by atoms with Crippen LogP contribution in [-0.2, 0) is 21.4 Å². The third-order valence-corrected chi connectivity index (χ3v) is 5.36. The molecule has 1 N–H and O–H groups in total. The van der Waals surface area contributed by atoms with E-state index in [1.807, 2.05) is 0 Å². The maximum absolute atomic E-state index is 13.8. The van der Waals surface area contributed by atoms with Gasteiger partial charge in [-0.2, -0.15) is 4.31 Å². The van der Waals surface area contributed by atoms with Crippen LogP contribution in [0.25, 0.3) is 0 Å². The second kappa shape index (κ2) is 6.83. The van der Waals surface area contributed by atoms with Gasteiger partial charge in [-0.15, -0.1) is 0 Å². The van der Waals surface area contributed by atoms with Crippen molar-refractivity contribution in [3.8, 4) is 0 Å². The Morgan fingerprint density at radius 1 is 1.43 bits per heavy atom. The lowest BCUT2D eigenvalue weighted by Crippen LogP contribution is -2.31. The van der Waals surface area contributed by atoms with E-state index in [4.69, 9.17) is 9.84 Å². The molecule has 5 nitrogen and oxygen atoms in total. The molecule has 1 aromatic carbocycles. The smallest absolute Gasteiger partial charge is 0.245 e. The van der Waals surface area contributed by atoms with Gasteiger partial charge in [0.1, 0.15) is 10.7 Å². The summed E-state index contributed by atoms with van der Waals surface area (Å²) in [4.78, 5) is -0.385. The highest BCUT2D eigenvalue weighted by molar-refractivity contribution is 7.89. The number of nitrogens with zero attached hydrogens (tertiary/aromatic N) is 1. The van der Waals surface area contributed by atoms with Gasteiger partial charge in [-0.3, -0.25) is 0 Å². The van der Waals surface area contributed by atoms with E-state index in [0.29, 0.717) is 24.7 Å². The number of benzene rings is 1. The van der Waals surface area contributed by atoms with E-state index in [1.165, 1.54) is 32.0 Å². The van der Waals surface area contributed by atoms with E-state index in [1.54, 1.807) is 0 Å². The number of likely N-dealkylation sites (N-methyl/N-ethyl adjacent to an activating group) is 1. The fraction of sp³-hybridized carbons (Fsp3) is 0.571. The first-order valence-electron chi connectivity index (χ1n) is 6.88. The summed E-state index contributed by atoms with van der Waals surface area (Å²) >= 11 is 0. The zero-order valence-electron chi connectivity index (χ0n) is 12.0. The van der Waals surface area contributed by atoms with Gasteiger partial charge in [0.15, 0.2) is 0 Å². The number of rotatable bonds is 8. The molecule has 7 heteroatoms. The number of aliphatic hydroxyl groups is 1. The first-order valence-corrected chi connectivity index (χ1v) is 8.32. The van der Waals surface area contributed by atoms with Crippen molar-refractivity contribution in [2.75, 3.05) is 26.8 Å². The van der Waals surface area contributed by atoms with Crippen molar-refractivity contribution in [1.29, 1.82) is 0 Å². The monoisotopic (exact) mass is 317 g/mol. The topological polar surface area (TPSA) is 66.8 Å². The Bertz CT molecular complexity index is 587. The van der Waals surface area contributed by atoms with Gasteiger partial charge < -0.3 is 9.84 Å². The minimum Gasteiger partial charge on any atom is -0.392 e. The fourth-order valence-electron chi connectivity index (χ4n) is 1.87. The summed E-state index contributed by atoms with van der Waals surface area (Å²) in [5.41, 5.74) is 0.335. The number of aliphatic hydroxyl groups excluding tert-OH is 1. The molecule has 1 aliphatic carbocycles. The molecule has 0 atom stereocenters. The van der Waals surface area contributed by atoms with Crippen LogP contribution in [0.15, 0.2) is 23.1 Å². The van der Waals surface area contributed by atoms with Crippen LogP contribution in [0.4, 0.5) is 4.39 Å². The average molecular weight is 317 g/mol. The zero-order valence-corrected chi connectivity index (χ0v) is 12.8. The second-order valence-electron chi connectivity index (χ2n) is 5.27. The maximum Gasteiger partial charge on any atom is 0.245 e. The van der Waals surface area contributed by atoms with Crippen molar-refractivity contribution < 1.29 is 22.7 Å². The largest absolute Gasteiger partial charge is 0.392 e. The Morgan fingerprint density at radius 2 is 2.14 bits per heavy atom. The van der Waals surface area contributed by atoms with Crippen LogP contribution in [0.5, 0.6) is 0 Å². The van der Waals surface area contributed by atoms with Crippen molar-refractivity contribution in [2.45, 2.75) is 24.3 Å². The molecule has 118 valence electrons. The lowest BCUT2D eigenvalue weighted by atomic mass is 10.2. The predicted octanol–water partition coefficient (Wildman–Crippen LogP) is 1.37. The molecule has 0 saturated heterocycles. The third-order valence-electron chi connectivity index (χ3n) is 3.47. The van der Waals surface area contributed by atoms with Gasteiger partial charge in [-0.25, -0.2) is 12.8 Å². The molecule has 21 heavy (non-hydrogen) atoms. The van der Waals surface area contributed by atoms with Crippen LogP contribution in [0, 0.1) is 11.7 Å². The van der Waals surface area contributed by atoms with E-state index in [9.17, 15) is 12.8 Å². The molecule has 0 heterocycles. The lowest BCUT2D eigenvalue weighted by molar-refractivity contribution is 0.117. The summed E-state index contributed by atoms with van der Waals surface area (Å²) in [5.74, 6) is -0.234. The van der Waals surface area contributed by atoms with Gasteiger partial charge in [-0.1, -0.05) is 6.07 Å². The summed E-state index contributed by atoms with van der Waals surface area (Å²) in [7, 11) is -2.48. The van der Waals surface area contributed by atoms with Gasteiger partial charge in [0, 0.05) is 20.2 Å². The van der Waals surface area contributed by atoms with Crippen molar-refractivity contribution in [2.24, 2.45) is 5.92 Å². The Morgan fingerprint density at radius 3 is 2.71 bits per heavy atom. The van der Waals surface area contributed by atoms with Crippen LogP contribution >= 0.6 is 0 Å². The molecule has 0 aliphatic heterocycles. The number of halogens is 1. The molecule has 0 bridgehead atoms. The molecule has 0 spiro atoms. The Balaban J connectivity index is 1.98. The van der Waals surface area contributed by atoms with E-state index in [-0.39, 0.29) is 18.0 Å². The zero-order chi connectivity index (χ0) is 15.5. The van der Waals surface area contributed by atoms with Crippen LogP contribution in [0.1, 0.15) is 18.4 Å². The van der Waals surface area contributed by atoms with Crippen molar-refractivity contribution >= 4 is 10.0 Å². The van der Waals surface area contributed by atoms with Crippen molar-refractivity contribution in [3.63, 3.8) is 0 Å². The third kappa shape index (κ3) is 4.23. The highest BCUT2D eigenvalue weighted by atomic mass is 32.2. The average Bonchev–Trinajstić information content (AvgIpc) is 3.26. The van der Waals surface area contributed by atoms with Gasteiger partial charge in [0.05, 0.1) is 13.2 Å². The summed E-state index contributed by atoms with van der Waals surface area (Å²) < 4.78 is 44.8. The Kier molecular flexibility index (Phi) is 5.32. The molecule has 2 rings (SSSR count). The molecule has 0 aromatic heterocycles. The molecule has 1 aromatic rings. The normalized spacial score (nSPS) is 15.6. The number of hydrogen-bond donors (Lipinski definition) is 1. The molecular weight excluding hydrogens is 297 g/mol. The highest BCUT2D eigenvalue weighted by Crippen LogP contribution is 2.28. The van der Waals surface area contributed by atoms with E-state index in [0.717, 1.165) is 10.4 Å². The minimum atomic E-state index is -3.88. The summed E-state index contributed by atoms with van der Waals surface area (Å²) in [6, 6.07) is 3.61. The number of hydrogen-bond acceptors (Lipinski definition) is 4. The van der Waals surface area contributed by atoms with Gasteiger partial charge in [0.2, 0.25) is 10.0 Å².